The lowest BCUT2D eigenvalue weighted by molar-refractivity contribution is 0.249. The molecule has 1 heterocycles. The third kappa shape index (κ3) is 2.62. The molecule has 1 rings (SSSR count). The van der Waals surface area contributed by atoms with Gasteiger partial charge in [-0.1, -0.05) is 0 Å². The molecule has 5 nitrogen and oxygen atoms in total. The molecule has 0 atom stereocenters. The molecule has 2 amide bonds. The summed E-state index contributed by atoms with van der Waals surface area (Å²) in [5.74, 6) is 1.41. The van der Waals surface area contributed by atoms with Crippen molar-refractivity contribution in [2.24, 2.45) is 10.8 Å². The summed E-state index contributed by atoms with van der Waals surface area (Å²) < 4.78 is 5.25. The van der Waals surface area contributed by atoms with Gasteiger partial charge in [-0.2, -0.15) is 5.10 Å². The van der Waals surface area contributed by atoms with Crippen molar-refractivity contribution in [1.29, 1.82) is 0 Å². The van der Waals surface area contributed by atoms with Crippen molar-refractivity contribution in [3.05, 3.63) is 23.7 Å². The average Bonchev–Trinajstić information content (AvgIpc) is 2.47. The molecule has 0 aliphatic heterocycles. The van der Waals surface area contributed by atoms with Crippen molar-refractivity contribution in [3.63, 3.8) is 0 Å². The maximum atomic E-state index is 10.3. The van der Waals surface area contributed by atoms with E-state index in [0.29, 0.717) is 11.5 Å². The molecule has 0 saturated heterocycles. The monoisotopic (exact) mass is 181 g/mol. The Bertz CT molecular complexity index is 341. The Morgan fingerprint density at radius 2 is 2.31 bits per heavy atom. The molecule has 0 aromatic carbocycles. The minimum Gasteiger partial charge on any atom is -0.460 e. The molecule has 0 radical (unpaired) electrons. The fourth-order valence-electron chi connectivity index (χ4n) is 0.823. The van der Waals surface area contributed by atoms with E-state index in [9.17, 15) is 4.79 Å². The second-order valence-corrected chi connectivity index (χ2v) is 2.58. The van der Waals surface area contributed by atoms with Crippen molar-refractivity contribution >= 4 is 11.7 Å². The van der Waals surface area contributed by atoms with Gasteiger partial charge in [-0.05, 0) is 26.0 Å². The summed E-state index contributed by atoms with van der Waals surface area (Å²) in [4.78, 5) is 10.3. The lowest BCUT2D eigenvalue weighted by Crippen LogP contribution is -2.25. The molecule has 70 valence electrons. The fraction of sp³-hybridized carbons (Fsp3) is 0.250. The molecule has 0 unspecified atom stereocenters. The summed E-state index contributed by atoms with van der Waals surface area (Å²) >= 11 is 0. The molecule has 0 fully saturated rings. The van der Waals surface area contributed by atoms with Crippen molar-refractivity contribution in [2.75, 3.05) is 0 Å². The fourth-order valence-corrected chi connectivity index (χ4v) is 0.823. The van der Waals surface area contributed by atoms with E-state index in [-0.39, 0.29) is 0 Å². The second-order valence-electron chi connectivity index (χ2n) is 2.58. The molecule has 0 bridgehead atoms. The highest BCUT2D eigenvalue weighted by atomic mass is 16.3. The number of nitrogens with one attached hydrogen (secondary N) is 1. The number of carbonyl (C=O) groups is 1. The van der Waals surface area contributed by atoms with E-state index in [0.717, 1.165) is 5.76 Å². The number of aryl methyl sites for hydroxylation is 1. The Balaban J connectivity index is 2.72. The number of hydrogen-bond donors (Lipinski definition) is 2. The number of amides is 2. The summed E-state index contributed by atoms with van der Waals surface area (Å²) in [6.07, 6.45) is 0. The normalized spacial score (nSPS) is 11.4. The quantitative estimate of drug-likeness (QED) is 0.526. The number of urea groups is 1. The summed E-state index contributed by atoms with van der Waals surface area (Å²) in [5, 5.41) is 3.71. The van der Waals surface area contributed by atoms with Gasteiger partial charge in [0.15, 0.2) is 0 Å². The third-order valence-electron chi connectivity index (χ3n) is 1.43. The van der Waals surface area contributed by atoms with E-state index < -0.39 is 6.03 Å². The highest BCUT2D eigenvalue weighted by molar-refractivity contribution is 5.96. The van der Waals surface area contributed by atoms with Gasteiger partial charge in [-0.25, -0.2) is 10.2 Å². The molecule has 0 saturated carbocycles. The predicted molar refractivity (Wildman–Crippen MR) is 48.4 cm³/mol. The van der Waals surface area contributed by atoms with Crippen LogP contribution < -0.4 is 11.2 Å². The number of furan rings is 1. The topological polar surface area (TPSA) is 80.6 Å². The molecule has 1 aromatic heterocycles. The minimum atomic E-state index is -0.692. The molecular weight excluding hydrogens is 170 g/mol. The van der Waals surface area contributed by atoms with Gasteiger partial charge in [0.05, 0.1) is 0 Å². The number of rotatable bonds is 2. The minimum absolute atomic E-state index is 0.576. The van der Waals surface area contributed by atoms with Crippen LogP contribution in [-0.2, 0) is 0 Å². The van der Waals surface area contributed by atoms with Crippen molar-refractivity contribution in [1.82, 2.24) is 5.43 Å². The maximum absolute atomic E-state index is 10.3. The molecular formula is C8H11N3O2. The Morgan fingerprint density at radius 3 is 2.77 bits per heavy atom. The predicted octanol–water partition coefficient (Wildman–Crippen LogP) is 0.980. The zero-order chi connectivity index (χ0) is 9.84. The van der Waals surface area contributed by atoms with Crippen LogP contribution in [-0.4, -0.2) is 11.7 Å². The highest BCUT2D eigenvalue weighted by Gasteiger charge is 2.01. The Morgan fingerprint density at radius 1 is 1.62 bits per heavy atom. The molecule has 0 aliphatic rings. The standard InChI is InChI=1S/C8H11N3O2/c1-5-3-4-7(13-5)6(2)10-11-8(9)12/h3-4H,1-2H3,(H3,9,11,12). The lowest BCUT2D eigenvalue weighted by Gasteiger charge is -1.95. The Kier molecular flexibility index (Phi) is 2.69. The van der Waals surface area contributed by atoms with Gasteiger partial charge >= 0.3 is 6.03 Å². The van der Waals surface area contributed by atoms with Crippen LogP contribution in [0.3, 0.4) is 0 Å². The number of hydrazone groups is 1. The van der Waals surface area contributed by atoms with E-state index in [1.54, 1.807) is 13.0 Å². The van der Waals surface area contributed by atoms with E-state index in [4.69, 9.17) is 10.2 Å². The van der Waals surface area contributed by atoms with E-state index >= 15 is 0 Å². The number of primary amides is 1. The van der Waals surface area contributed by atoms with Crippen LogP contribution in [0.4, 0.5) is 4.79 Å². The highest BCUT2D eigenvalue weighted by Crippen LogP contribution is 2.06. The molecule has 5 heteroatoms. The smallest absolute Gasteiger partial charge is 0.332 e. The van der Waals surface area contributed by atoms with Gasteiger partial charge in [0, 0.05) is 0 Å². The SMILES string of the molecule is CC(=NNC(N)=O)c1ccc(C)o1. The summed E-state index contributed by atoms with van der Waals surface area (Å²) in [7, 11) is 0. The van der Waals surface area contributed by atoms with Gasteiger partial charge in [-0.15, -0.1) is 0 Å². The van der Waals surface area contributed by atoms with Crippen LogP contribution in [0.25, 0.3) is 0 Å². The molecule has 13 heavy (non-hydrogen) atoms. The first-order chi connectivity index (χ1) is 6.09. The summed E-state index contributed by atoms with van der Waals surface area (Å²) in [5.41, 5.74) is 7.53. The van der Waals surface area contributed by atoms with Gasteiger partial charge in [-0.3, -0.25) is 0 Å². The van der Waals surface area contributed by atoms with Crippen molar-refractivity contribution < 1.29 is 9.21 Å². The number of carbonyl (C=O) groups excluding carboxylic acids is 1. The van der Waals surface area contributed by atoms with Crippen LogP contribution in [0.15, 0.2) is 21.7 Å². The van der Waals surface area contributed by atoms with Crippen LogP contribution in [0.2, 0.25) is 0 Å². The first-order valence-corrected chi connectivity index (χ1v) is 3.76. The third-order valence-corrected chi connectivity index (χ3v) is 1.43. The van der Waals surface area contributed by atoms with E-state index in [1.807, 2.05) is 13.0 Å². The molecule has 1 aromatic rings. The average molecular weight is 181 g/mol. The summed E-state index contributed by atoms with van der Waals surface area (Å²) in [6.45, 7) is 3.55. The number of nitrogens with zero attached hydrogens (tertiary/aromatic N) is 1. The first kappa shape index (κ1) is 9.31. The van der Waals surface area contributed by atoms with Crippen LogP contribution >= 0.6 is 0 Å². The van der Waals surface area contributed by atoms with Gasteiger partial charge < -0.3 is 10.2 Å². The summed E-state index contributed by atoms with van der Waals surface area (Å²) in [6, 6.07) is 2.90. The van der Waals surface area contributed by atoms with Crippen LogP contribution in [0, 0.1) is 6.92 Å². The van der Waals surface area contributed by atoms with Crippen molar-refractivity contribution in [2.45, 2.75) is 13.8 Å². The molecule has 3 N–H and O–H groups in total. The van der Waals surface area contributed by atoms with Gasteiger partial charge in [0.2, 0.25) is 0 Å². The molecule has 0 spiro atoms. The van der Waals surface area contributed by atoms with E-state index in [2.05, 4.69) is 10.5 Å². The second kappa shape index (κ2) is 3.75. The lowest BCUT2D eigenvalue weighted by atomic mass is 10.3. The van der Waals surface area contributed by atoms with Gasteiger partial charge in [0.25, 0.3) is 0 Å². The zero-order valence-corrected chi connectivity index (χ0v) is 7.50. The maximum Gasteiger partial charge on any atom is 0.332 e. The first-order valence-electron chi connectivity index (χ1n) is 3.76. The van der Waals surface area contributed by atoms with Crippen LogP contribution in [0.1, 0.15) is 18.4 Å². The van der Waals surface area contributed by atoms with Gasteiger partial charge in [0.1, 0.15) is 17.2 Å². The van der Waals surface area contributed by atoms with Crippen LogP contribution in [0.5, 0.6) is 0 Å². The Labute approximate surface area is 75.6 Å². The number of nitrogens with two attached hydrogens (primary N) is 1. The number of hydrogen-bond acceptors (Lipinski definition) is 3. The zero-order valence-electron chi connectivity index (χ0n) is 7.50. The molecule has 0 aliphatic carbocycles. The largest absolute Gasteiger partial charge is 0.460 e. The van der Waals surface area contributed by atoms with Crippen molar-refractivity contribution in [3.8, 4) is 0 Å². The van der Waals surface area contributed by atoms with E-state index in [1.165, 1.54) is 0 Å². The Hall–Kier alpha value is -1.78.